The molecule has 2 rings (SSSR count). The zero-order chi connectivity index (χ0) is 14.5. The summed E-state index contributed by atoms with van der Waals surface area (Å²) in [7, 11) is 5.60. The molecule has 1 heterocycles. The third kappa shape index (κ3) is 3.30. The molecule has 0 atom stereocenters. The summed E-state index contributed by atoms with van der Waals surface area (Å²) >= 11 is 0. The molecule has 1 aromatic heterocycles. The topological polar surface area (TPSA) is 54.7 Å². The molecule has 108 valence electrons. The zero-order valence-corrected chi connectivity index (χ0v) is 12.1. The molecule has 0 spiro atoms. The van der Waals surface area contributed by atoms with Crippen LogP contribution in [0.25, 0.3) is 11.0 Å². The molecule has 1 aromatic carbocycles. The van der Waals surface area contributed by atoms with Gasteiger partial charge in [-0.1, -0.05) is 12.1 Å². The number of ether oxygens (including phenoxy) is 1. The Morgan fingerprint density at radius 1 is 1.40 bits per heavy atom. The van der Waals surface area contributed by atoms with Crippen molar-refractivity contribution in [2.24, 2.45) is 0 Å². The maximum absolute atomic E-state index is 12.0. The average Bonchev–Trinajstić information content (AvgIpc) is 2.87. The van der Waals surface area contributed by atoms with Crippen LogP contribution in [0.5, 0.6) is 5.75 Å². The van der Waals surface area contributed by atoms with Crippen molar-refractivity contribution in [3.05, 3.63) is 30.0 Å². The number of rotatable bonds is 6. The van der Waals surface area contributed by atoms with E-state index < -0.39 is 0 Å². The Kier molecular flexibility index (Phi) is 4.63. The lowest BCUT2D eigenvalue weighted by atomic mass is 10.2. The maximum Gasteiger partial charge on any atom is 0.287 e. The quantitative estimate of drug-likeness (QED) is 0.821. The van der Waals surface area contributed by atoms with Crippen molar-refractivity contribution in [2.45, 2.75) is 6.42 Å². The largest absolute Gasteiger partial charge is 0.493 e. The average molecular weight is 276 g/mol. The molecule has 0 saturated carbocycles. The Bertz CT molecular complexity index is 590. The number of nitrogens with zero attached hydrogens (tertiary/aromatic N) is 1. The van der Waals surface area contributed by atoms with E-state index >= 15 is 0 Å². The van der Waals surface area contributed by atoms with Crippen molar-refractivity contribution in [1.29, 1.82) is 0 Å². The van der Waals surface area contributed by atoms with E-state index in [9.17, 15) is 4.79 Å². The fourth-order valence-electron chi connectivity index (χ4n) is 1.99. The first-order valence-corrected chi connectivity index (χ1v) is 6.61. The number of amides is 1. The van der Waals surface area contributed by atoms with Crippen LogP contribution in [0.2, 0.25) is 0 Å². The predicted molar refractivity (Wildman–Crippen MR) is 78.3 cm³/mol. The summed E-state index contributed by atoms with van der Waals surface area (Å²) in [6, 6.07) is 7.31. The number of nitrogens with one attached hydrogen (secondary N) is 1. The predicted octanol–water partition coefficient (Wildman–Crippen LogP) is 2.12. The molecule has 0 aliphatic carbocycles. The molecule has 0 unspecified atom stereocenters. The number of carbonyl (C=O) groups excluding carboxylic acids is 1. The molecule has 20 heavy (non-hydrogen) atoms. The van der Waals surface area contributed by atoms with Crippen molar-refractivity contribution in [2.75, 3.05) is 34.3 Å². The zero-order valence-electron chi connectivity index (χ0n) is 12.1. The van der Waals surface area contributed by atoms with E-state index in [1.54, 1.807) is 13.2 Å². The number of methoxy groups -OCH3 is 1. The van der Waals surface area contributed by atoms with Gasteiger partial charge in [-0.3, -0.25) is 4.79 Å². The highest BCUT2D eigenvalue weighted by Crippen LogP contribution is 2.28. The van der Waals surface area contributed by atoms with E-state index in [1.807, 2.05) is 32.3 Å². The molecule has 0 bridgehead atoms. The van der Waals surface area contributed by atoms with E-state index in [4.69, 9.17) is 9.15 Å². The highest BCUT2D eigenvalue weighted by atomic mass is 16.5. The van der Waals surface area contributed by atoms with Crippen LogP contribution in [0, 0.1) is 0 Å². The van der Waals surface area contributed by atoms with Gasteiger partial charge in [0.05, 0.1) is 7.11 Å². The minimum Gasteiger partial charge on any atom is -0.493 e. The molecule has 0 radical (unpaired) electrons. The molecular formula is C15H20N2O3. The van der Waals surface area contributed by atoms with Crippen molar-refractivity contribution in [3.63, 3.8) is 0 Å². The Balaban J connectivity index is 2.03. The Labute approximate surface area is 118 Å². The smallest absolute Gasteiger partial charge is 0.287 e. The normalized spacial score (nSPS) is 11.0. The summed E-state index contributed by atoms with van der Waals surface area (Å²) in [5, 5.41) is 3.72. The highest BCUT2D eigenvalue weighted by molar-refractivity contribution is 5.97. The lowest BCUT2D eigenvalue weighted by Gasteiger charge is -2.09. The van der Waals surface area contributed by atoms with Gasteiger partial charge in [0.25, 0.3) is 5.91 Å². The van der Waals surface area contributed by atoms with Crippen LogP contribution in [0.4, 0.5) is 0 Å². The summed E-state index contributed by atoms with van der Waals surface area (Å²) in [4.78, 5) is 14.1. The maximum atomic E-state index is 12.0. The molecule has 0 aliphatic rings. The number of carbonyl (C=O) groups is 1. The third-order valence-electron chi connectivity index (χ3n) is 3.02. The van der Waals surface area contributed by atoms with Gasteiger partial charge in [0.1, 0.15) is 0 Å². The summed E-state index contributed by atoms with van der Waals surface area (Å²) in [5.74, 6) is 0.755. The summed E-state index contributed by atoms with van der Waals surface area (Å²) in [6.45, 7) is 1.57. The standard InChI is InChI=1S/C15H20N2O3/c1-17(2)9-5-8-16-15(18)13-10-11-6-4-7-12(19-3)14(11)20-13/h4,6-7,10H,5,8-9H2,1-3H3,(H,16,18). The number of furan rings is 1. The number of fused-ring (bicyclic) bond motifs is 1. The van der Waals surface area contributed by atoms with E-state index in [-0.39, 0.29) is 5.91 Å². The van der Waals surface area contributed by atoms with Gasteiger partial charge in [0.2, 0.25) is 0 Å². The minimum absolute atomic E-state index is 0.193. The molecule has 0 fully saturated rings. The van der Waals surface area contributed by atoms with E-state index in [2.05, 4.69) is 10.2 Å². The van der Waals surface area contributed by atoms with Crippen molar-refractivity contribution in [1.82, 2.24) is 10.2 Å². The van der Waals surface area contributed by atoms with Gasteiger partial charge < -0.3 is 19.4 Å². The van der Waals surface area contributed by atoms with Gasteiger partial charge in [0, 0.05) is 11.9 Å². The van der Waals surface area contributed by atoms with Gasteiger partial charge in [-0.2, -0.15) is 0 Å². The minimum atomic E-state index is -0.193. The van der Waals surface area contributed by atoms with Gasteiger partial charge >= 0.3 is 0 Å². The fourth-order valence-corrected chi connectivity index (χ4v) is 1.99. The van der Waals surface area contributed by atoms with Crippen LogP contribution in [0.1, 0.15) is 17.0 Å². The number of hydrogen-bond acceptors (Lipinski definition) is 4. The first kappa shape index (κ1) is 14.4. The second-order valence-corrected chi connectivity index (χ2v) is 4.90. The SMILES string of the molecule is COc1cccc2cc(C(=O)NCCCN(C)C)oc12. The molecule has 0 saturated heterocycles. The second-order valence-electron chi connectivity index (χ2n) is 4.90. The van der Waals surface area contributed by atoms with Crippen LogP contribution in [-0.4, -0.2) is 45.1 Å². The molecular weight excluding hydrogens is 256 g/mol. The Morgan fingerprint density at radius 2 is 2.20 bits per heavy atom. The van der Waals surface area contributed by atoms with Crippen LogP contribution < -0.4 is 10.1 Å². The summed E-state index contributed by atoms with van der Waals surface area (Å²) in [6.07, 6.45) is 0.905. The second kappa shape index (κ2) is 6.43. The molecule has 0 aliphatic heterocycles. The first-order chi connectivity index (χ1) is 9.61. The fraction of sp³-hybridized carbons (Fsp3) is 0.400. The monoisotopic (exact) mass is 276 g/mol. The molecule has 5 nitrogen and oxygen atoms in total. The molecule has 1 amide bonds. The molecule has 1 N–H and O–H groups in total. The summed E-state index contributed by atoms with van der Waals surface area (Å²) < 4.78 is 10.8. The van der Waals surface area contributed by atoms with Gasteiger partial charge in [0.15, 0.2) is 17.1 Å². The van der Waals surface area contributed by atoms with Crippen LogP contribution in [-0.2, 0) is 0 Å². The number of benzene rings is 1. The lowest BCUT2D eigenvalue weighted by Crippen LogP contribution is -2.26. The number of hydrogen-bond donors (Lipinski definition) is 1. The lowest BCUT2D eigenvalue weighted by molar-refractivity contribution is 0.0926. The van der Waals surface area contributed by atoms with Crippen LogP contribution in [0.15, 0.2) is 28.7 Å². The third-order valence-corrected chi connectivity index (χ3v) is 3.02. The van der Waals surface area contributed by atoms with Crippen LogP contribution in [0.3, 0.4) is 0 Å². The molecule has 5 heteroatoms. The van der Waals surface area contributed by atoms with Crippen molar-refractivity contribution in [3.8, 4) is 5.75 Å². The van der Waals surface area contributed by atoms with E-state index in [1.165, 1.54) is 0 Å². The van der Waals surface area contributed by atoms with E-state index in [0.29, 0.717) is 23.6 Å². The van der Waals surface area contributed by atoms with Gasteiger partial charge in [-0.05, 0) is 39.2 Å². The van der Waals surface area contributed by atoms with Gasteiger partial charge in [-0.25, -0.2) is 0 Å². The molecule has 2 aromatic rings. The van der Waals surface area contributed by atoms with Gasteiger partial charge in [-0.15, -0.1) is 0 Å². The number of para-hydroxylation sites is 1. The van der Waals surface area contributed by atoms with Crippen molar-refractivity contribution < 1.29 is 13.9 Å². The first-order valence-electron chi connectivity index (χ1n) is 6.61. The van der Waals surface area contributed by atoms with Crippen molar-refractivity contribution >= 4 is 16.9 Å². The Morgan fingerprint density at radius 3 is 2.90 bits per heavy atom. The summed E-state index contributed by atoms with van der Waals surface area (Å²) in [5.41, 5.74) is 0.605. The van der Waals surface area contributed by atoms with Crippen LogP contribution >= 0.6 is 0 Å². The van der Waals surface area contributed by atoms with E-state index in [0.717, 1.165) is 18.4 Å². The Hall–Kier alpha value is -2.01. The highest BCUT2D eigenvalue weighted by Gasteiger charge is 2.14.